The van der Waals surface area contributed by atoms with Crippen molar-refractivity contribution in [1.29, 1.82) is 0 Å². The van der Waals surface area contributed by atoms with E-state index >= 15 is 0 Å². The lowest BCUT2D eigenvalue weighted by atomic mass is 9.77. The van der Waals surface area contributed by atoms with E-state index in [1.54, 1.807) is 39.9 Å². The molecule has 0 spiro atoms. The molecule has 206 valence electrons. The molecule has 0 aliphatic carbocycles. The van der Waals surface area contributed by atoms with Gasteiger partial charge in [-0.15, -0.1) is 0 Å². The number of amides is 3. The van der Waals surface area contributed by atoms with Crippen LogP contribution in [0.1, 0.15) is 30.4 Å². The zero-order valence-corrected chi connectivity index (χ0v) is 23.9. The van der Waals surface area contributed by atoms with Gasteiger partial charge >= 0.3 is 12.0 Å². The van der Waals surface area contributed by atoms with Gasteiger partial charge in [-0.25, -0.2) is 4.79 Å². The molecular formula is C28H36Cl2N4O4. The van der Waals surface area contributed by atoms with Crippen molar-refractivity contribution in [2.75, 3.05) is 52.2 Å². The first-order valence-corrected chi connectivity index (χ1v) is 13.3. The molecule has 0 bridgehead atoms. The van der Waals surface area contributed by atoms with Gasteiger partial charge < -0.3 is 19.8 Å². The Morgan fingerprint density at radius 3 is 2.29 bits per heavy atom. The summed E-state index contributed by atoms with van der Waals surface area (Å²) < 4.78 is 0. The zero-order valence-electron chi connectivity index (χ0n) is 22.4. The molecule has 1 aliphatic heterocycles. The lowest BCUT2D eigenvalue weighted by Gasteiger charge is -2.47. The first-order valence-electron chi connectivity index (χ1n) is 12.6. The molecule has 2 aromatic carbocycles. The van der Waals surface area contributed by atoms with Crippen molar-refractivity contribution in [2.45, 2.75) is 32.7 Å². The summed E-state index contributed by atoms with van der Waals surface area (Å²) in [5, 5.41) is 10.8. The number of carbonyl (C=O) groups excluding carboxylic acids is 2. The number of anilines is 1. The molecule has 1 fully saturated rings. The first kappa shape index (κ1) is 29.7. The second-order valence-corrected chi connectivity index (χ2v) is 11.4. The Hall–Kier alpha value is -2.81. The van der Waals surface area contributed by atoms with Crippen molar-refractivity contribution in [3.8, 4) is 0 Å². The fourth-order valence-electron chi connectivity index (χ4n) is 4.81. The van der Waals surface area contributed by atoms with Crippen LogP contribution in [0.4, 0.5) is 10.5 Å². The van der Waals surface area contributed by atoms with E-state index < -0.39 is 11.4 Å². The summed E-state index contributed by atoms with van der Waals surface area (Å²) in [6.07, 6.45) is 0.541. The molecule has 3 amide bonds. The predicted molar refractivity (Wildman–Crippen MR) is 151 cm³/mol. The standard InChI is InChI=1S/C28H36Cl2N4O4/c1-20-6-10-23(11-7-20)34-19-28(16-26(36)37,15-25(35)32(4)13-5-12-31(2)3)18-33(27(34)38)17-21-8-9-22(29)14-24(21)30/h6-11,14H,5,12-13,15-19H2,1-4H3,(H,36,37). The van der Waals surface area contributed by atoms with Gasteiger partial charge in [0.2, 0.25) is 5.91 Å². The SMILES string of the molecule is Cc1ccc(N2CC(CC(=O)O)(CC(=O)N(C)CCCN(C)C)CN(Cc3ccc(Cl)cc3Cl)C2=O)cc1. The summed E-state index contributed by atoms with van der Waals surface area (Å²) in [6.45, 7) is 3.73. The Morgan fingerprint density at radius 2 is 1.68 bits per heavy atom. The van der Waals surface area contributed by atoms with E-state index in [-0.39, 0.29) is 44.4 Å². The number of benzene rings is 2. The third kappa shape index (κ3) is 7.85. The molecule has 8 nitrogen and oxygen atoms in total. The molecule has 2 aromatic rings. The topological polar surface area (TPSA) is 84.4 Å². The van der Waals surface area contributed by atoms with Gasteiger partial charge in [0.1, 0.15) is 0 Å². The maximum atomic E-state index is 13.7. The second kappa shape index (κ2) is 12.8. The van der Waals surface area contributed by atoms with Crippen molar-refractivity contribution in [3.05, 3.63) is 63.6 Å². The van der Waals surface area contributed by atoms with E-state index in [1.165, 1.54) is 0 Å². The minimum Gasteiger partial charge on any atom is -0.481 e. The predicted octanol–water partition coefficient (Wildman–Crippen LogP) is 5.01. The molecule has 1 atom stereocenters. The Kier molecular flexibility index (Phi) is 10.0. The van der Waals surface area contributed by atoms with Crippen LogP contribution < -0.4 is 4.90 Å². The third-order valence-corrected chi connectivity index (χ3v) is 7.41. The smallest absolute Gasteiger partial charge is 0.324 e. The van der Waals surface area contributed by atoms with Gasteiger partial charge in [0.05, 0.1) is 6.42 Å². The Labute approximate surface area is 234 Å². The third-order valence-electron chi connectivity index (χ3n) is 6.82. The van der Waals surface area contributed by atoms with Crippen molar-refractivity contribution in [3.63, 3.8) is 0 Å². The number of hydrogen-bond donors (Lipinski definition) is 1. The van der Waals surface area contributed by atoms with Crippen LogP contribution in [0.3, 0.4) is 0 Å². The monoisotopic (exact) mass is 562 g/mol. The van der Waals surface area contributed by atoms with Gasteiger partial charge in [0.25, 0.3) is 0 Å². The number of nitrogens with zero attached hydrogens (tertiary/aromatic N) is 4. The number of halogens is 2. The summed E-state index contributed by atoms with van der Waals surface area (Å²) in [6, 6.07) is 12.3. The fourth-order valence-corrected chi connectivity index (χ4v) is 5.28. The summed E-state index contributed by atoms with van der Waals surface area (Å²) >= 11 is 12.5. The average molecular weight is 564 g/mol. The summed E-state index contributed by atoms with van der Waals surface area (Å²) in [5.74, 6) is -1.16. The lowest BCUT2D eigenvalue weighted by molar-refractivity contribution is -0.142. The van der Waals surface area contributed by atoms with Crippen molar-refractivity contribution in [2.24, 2.45) is 5.41 Å². The second-order valence-electron chi connectivity index (χ2n) is 10.5. The largest absolute Gasteiger partial charge is 0.481 e. The molecule has 1 heterocycles. The number of carbonyl (C=O) groups is 3. The van der Waals surface area contributed by atoms with Gasteiger partial charge in [-0.2, -0.15) is 0 Å². The van der Waals surface area contributed by atoms with E-state index in [9.17, 15) is 19.5 Å². The first-order chi connectivity index (χ1) is 17.9. The van der Waals surface area contributed by atoms with E-state index in [0.29, 0.717) is 27.8 Å². The number of aliphatic carboxylic acids is 1. The molecule has 1 N–H and O–H groups in total. The van der Waals surface area contributed by atoms with Crippen LogP contribution in [-0.4, -0.2) is 85.0 Å². The van der Waals surface area contributed by atoms with Crippen molar-refractivity contribution < 1.29 is 19.5 Å². The quantitative estimate of drug-likeness (QED) is 0.416. The van der Waals surface area contributed by atoms with Crippen LogP contribution in [0.25, 0.3) is 0 Å². The molecule has 1 aliphatic rings. The van der Waals surface area contributed by atoms with E-state index in [4.69, 9.17) is 23.2 Å². The Morgan fingerprint density at radius 1 is 1.00 bits per heavy atom. The molecular weight excluding hydrogens is 527 g/mol. The highest BCUT2D eigenvalue weighted by atomic mass is 35.5. The molecule has 10 heteroatoms. The van der Waals surface area contributed by atoms with E-state index in [2.05, 4.69) is 4.90 Å². The van der Waals surface area contributed by atoms with E-state index in [1.807, 2.05) is 45.3 Å². The van der Waals surface area contributed by atoms with Gasteiger partial charge in [0.15, 0.2) is 0 Å². The maximum Gasteiger partial charge on any atom is 0.324 e. The molecule has 1 unspecified atom stereocenters. The highest BCUT2D eigenvalue weighted by molar-refractivity contribution is 6.35. The molecule has 3 rings (SSSR count). The number of carboxylic acid groups (broad SMARTS) is 1. The van der Waals surface area contributed by atoms with Crippen LogP contribution in [-0.2, 0) is 16.1 Å². The van der Waals surface area contributed by atoms with Crippen LogP contribution in [0.2, 0.25) is 10.0 Å². The van der Waals surface area contributed by atoms with Crippen LogP contribution in [0.5, 0.6) is 0 Å². The van der Waals surface area contributed by atoms with Crippen LogP contribution in [0.15, 0.2) is 42.5 Å². The number of aryl methyl sites for hydroxylation is 1. The summed E-state index contributed by atoms with van der Waals surface area (Å²) in [4.78, 5) is 46.1. The molecule has 0 aromatic heterocycles. The summed E-state index contributed by atoms with van der Waals surface area (Å²) in [7, 11) is 5.69. The maximum absolute atomic E-state index is 13.7. The van der Waals surface area contributed by atoms with Crippen LogP contribution in [0, 0.1) is 12.3 Å². The molecule has 1 saturated heterocycles. The molecule has 0 saturated carbocycles. The van der Waals surface area contributed by atoms with Crippen molar-refractivity contribution in [1.82, 2.24) is 14.7 Å². The minimum absolute atomic E-state index is 0.00173. The van der Waals surface area contributed by atoms with E-state index in [0.717, 1.165) is 18.5 Å². The number of hydrogen-bond acceptors (Lipinski definition) is 4. The van der Waals surface area contributed by atoms with Crippen molar-refractivity contribution >= 4 is 46.8 Å². The van der Waals surface area contributed by atoms with Gasteiger partial charge in [-0.1, -0.05) is 47.0 Å². The Bertz CT molecular complexity index is 1160. The lowest BCUT2D eigenvalue weighted by Crippen LogP contribution is -2.60. The fraction of sp³-hybridized carbons (Fsp3) is 0.464. The molecule has 38 heavy (non-hydrogen) atoms. The van der Waals surface area contributed by atoms with Gasteiger partial charge in [-0.05, 0) is 63.8 Å². The number of urea groups is 1. The molecule has 0 radical (unpaired) electrons. The number of carboxylic acids is 1. The summed E-state index contributed by atoms with van der Waals surface area (Å²) in [5.41, 5.74) is 1.37. The average Bonchev–Trinajstić information content (AvgIpc) is 2.82. The number of rotatable bonds is 11. The van der Waals surface area contributed by atoms with Gasteiger partial charge in [0, 0.05) is 60.8 Å². The zero-order chi connectivity index (χ0) is 28.0. The van der Waals surface area contributed by atoms with Crippen LogP contribution >= 0.6 is 23.2 Å². The minimum atomic E-state index is -1.02. The van der Waals surface area contributed by atoms with Gasteiger partial charge in [-0.3, -0.25) is 14.5 Å². The Balaban J connectivity index is 1.96. The highest BCUT2D eigenvalue weighted by Crippen LogP contribution is 2.38. The highest BCUT2D eigenvalue weighted by Gasteiger charge is 2.46. The normalized spacial score (nSPS) is 17.7.